The number of hydrogen-bond donors (Lipinski definition) is 4. The van der Waals surface area contributed by atoms with Crippen molar-refractivity contribution in [1.29, 1.82) is 0 Å². The maximum Gasteiger partial charge on any atom is 0.336 e. The molecule has 0 aliphatic heterocycles. The van der Waals surface area contributed by atoms with Gasteiger partial charge in [-0.3, -0.25) is 9.59 Å². The van der Waals surface area contributed by atoms with Crippen LogP contribution in [0, 0.1) is 13.8 Å². The second-order valence-electron chi connectivity index (χ2n) is 7.89. The predicted octanol–water partition coefficient (Wildman–Crippen LogP) is 3.56. The van der Waals surface area contributed by atoms with Gasteiger partial charge in [0.1, 0.15) is 0 Å². The van der Waals surface area contributed by atoms with Gasteiger partial charge in [0.05, 0.1) is 22.3 Å². The minimum absolute atomic E-state index is 0.0612. The summed E-state index contributed by atoms with van der Waals surface area (Å²) in [5.74, 6) is -3.30. The molecule has 0 atom stereocenters. The molecule has 0 saturated carbocycles. The molecule has 8 heteroatoms. The Labute approximate surface area is 196 Å². The molecule has 0 unspecified atom stereocenters. The van der Waals surface area contributed by atoms with Crippen molar-refractivity contribution in [3.05, 3.63) is 105 Å². The van der Waals surface area contributed by atoms with Gasteiger partial charge in [-0.2, -0.15) is 0 Å². The second kappa shape index (κ2) is 10.4. The molecule has 2 amide bonds. The average Bonchev–Trinajstić information content (AvgIpc) is 2.81. The van der Waals surface area contributed by atoms with E-state index in [4.69, 9.17) is 0 Å². The van der Waals surface area contributed by atoms with Crippen molar-refractivity contribution in [3.63, 3.8) is 0 Å². The molecule has 174 valence electrons. The third-order valence-electron chi connectivity index (χ3n) is 5.23. The van der Waals surface area contributed by atoms with Crippen LogP contribution in [0.5, 0.6) is 0 Å². The Kier molecular flexibility index (Phi) is 7.43. The van der Waals surface area contributed by atoms with Gasteiger partial charge in [0.25, 0.3) is 11.8 Å². The molecule has 0 aliphatic rings. The fourth-order valence-electron chi connectivity index (χ4n) is 3.39. The van der Waals surface area contributed by atoms with Gasteiger partial charge in [0.2, 0.25) is 0 Å². The van der Waals surface area contributed by atoms with Gasteiger partial charge >= 0.3 is 11.9 Å². The standard InChI is InChI=1S/C26H24N2O6/c1-15-3-9-19(25(31)32)21(11-15)23(29)27-13-17-5-7-18(8-6-17)14-28-24(30)22-12-16(2)4-10-20(22)26(33)34/h3-12H,13-14H2,1-2H3,(H,27,29)(H,28,30)(H,31,32)(H,33,34). The Balaban J connectivity index is 1.60. The molecule has 3 rings (SSSR count). The van der Waals surface area contributed by atoms with Gasteiger partial charge in [-0.05, 0) is 49.2 Å². The Morgan fingerprint density at radius 2 is 0.941 bits per heavy atom. The van der Waals surface area contributed by atoms with E-state index in [1.165, 1.54) is 24.3 Å². The van der Waals surface area contributed by atoms with Crippen LogP contribution in [0.3, 0.4) is 0 Å². The maximum atomic E-state index is 12.5. The van der Waals surface area contributed by atoms with Crippen molar-refractivity contribution in [2.75, 3.05) is 0 Å². The Morgan fingerprint density at radius 1 is 0.588 bits per heavy atom. The second-order valence-corrected chi connectivity index (χ2v) is 7.89. The number of benzene rings is 3. The van der Waals surface area contributed by atoms with Crippen LogP contribution < -0.4 is 10.6 Å². The van der Waals surface area contributed by atoms with Crippen molar-refractivity contribution in [1.82, 2.24) is 10.6 Å². The number of hydrogen-bond acceptors (Lipinski definition) is 4. The highest BCUT2D eigenvalue weighted by Crippen LogP contribution is 2.14. The predicted molar refractivity (Wildman–Crippen MR) is 125 cm³/mol. The fraction of sp³-hybridized carbons (Fsp3) is 0.154. The first-order chi connectivity index (χ1) is 16.2. The van der Waals surface area contributed by atoms with E-state index >= 15 is 0 Å². The number of carboxylic acids is 2. The van der Waals surface area contributed by atoms with E-state index in [-0.39, 0.29) is 35.3 Å². The summed E-state index contributed by atoms with van der Waals surface area (Å²) in [7, 11) is 0. The van der Waals surface area contributed by atoms with Crippen LogP contribution in [0.15, 0.2) is 60.7 Å². The third kappa shape index (κ3) is 5.86. The van der Waals surface area contributed by atoms with Crippen molar-refractivity contribution >= 4 is 23.8 Å². The van der Waals surface area contributed by atoms with E-state index in [2.05, 4.69) is 10.6 Å². The van der Waals surface area contributed by atoms with Crippen LogP contribution in [0.4, 0.5) is 0 Å². The van der Waals surface area contributed by atoms with Crippen LogP contribution in [0.1, 0.15) is 63.7 Å². The van der Waals surface area contributed by atoms with Crippen LogP contribution >= 0.6 is 0 Å². The first kappa shape index (κ1) is 24.2. The lowest BCUT2D eigenvalue weighted by atomic mass is 10.0. The Morgan fingerprint density at radius 3 is 1.26 bits per heavy atom. The van der Waals surface area contributed by atoms with Crippen molar-refractivity contribution in [3.8, 4) is 0 Å². The molecular weight excluding hydrogens is 436 g/mol. The molecule has 34 heavy (non-hydrogen) atoms. The van der Waals surface area contributed by atoms with E-state index in [0.29, 0.717) is 0 Å². The number of carboxylic acid groups (broad SMARTS) is 2. The summed E-state index contributed by atoms with van der Waals surface area (Å²) in [6.45, 7) is 3.95. The van der Waals surface area contributed by atoms with E-state index < -0.39 is 23.8 Å². The summed E-state index contributed by atoms with van der Waals surface area (Å²) in [6, 6.07) is 16.3. The molecule has 3 aromatic rings. The molecule has 0 aromatic heterocycles. The quantitative estimate of drug-likeness (QED) is 0.406. The average molecular weight is 460 g/mol. The number of rotatable bonds is 8. The fourth-order valence-corrected chi connectivity index (χ4v) is 3.39. The van der Waals surface area contributed by atoms with Gasteiger partial charge in [0, 0.05) is 13.1 Å². The van der Waals surface area contributed by atoms with E-state index in [9.17, 15) is 29.4 Å². The molecular formula is C26H24N2O6. The molecule has 0 heterocycles. The minimum atomic E-state index is -1.17. The molecule has 4 N–H and O–H groups in total. The van der Waals surface area contributed by atoms with Gasteiger partial charge in [-0.1, -0.05) is 47.5 Å². The number of carbonyl (C=O) groups excluding carboxylic acids is 2. The molecule has 0 bridgehead atoms. The van der Waals surface area contributed by atoms with Crippen LogP contribution in [-0.4, -0.2) is 34.0 Å². The van der Waals surface area contributed by atoms with E-state index in [0.717, 1.165) is 22.3 Å². The minimum Gasteiger partial charge on any atom is -0.478 e. The lowest BCUT2D eigenvalue weighted by Gasteiger charge is -2.11. The van der Waals surface area contributed by atoms with E-state index in [1.54, 1.807) is 50.2 Å². The monoisotopic (exact) mass is 460 g/mol. The molecule has 0 radical (unpaired) electrons. The Hall–Kier alpha value is -4.46. The van der Waals surface area contributed by atoms with Gasteiger partial charge < -0.3 is 20.8 Å². The largest absolute Gasteiger partial charge is 0.478 e. The number of nitrogens with one attached hydrogen (secondary N) is 2. The highest BCUT2D eigenvalue weighted by Gasteiger charge is 2.17. The van der Waals surface area contributed by atoms with Gasteiger partial charge in [0.15, 0.2) is 0 Å². The number of amides is 2. The maximum absolute atomic E-state index is 12.5. The number of aromatic carboxylic acids is 2. The molecule has 0 saturated heterocycles. The summed E-state index contributed by atoms with van der Waals surface area (Å²) >= 11 is 0. The first-order valence-electron chi connectivity index (χ1n) is 10.5. The molecule has 3 aromatic carbocycles. The van der Waals surface area contributed by atoms with Gasteiger partial charge in [-0.15, -0.1) is 0 Å². The molecule has 0 spiro atoms. The van der Waals surface area contributed by atoms with Crippen LogP contribution in [0.25, 0.3) is 0 Å². The summed E-state index contributed by atoms with van der Waals surface area (Å²) in [4.78, 5) is 47.8. The summed E-state index contributed by atoms with van der Waals surface area (Å²) in [5, 5.41) is 24.0. The van der Waals surface area contributed by atoms with Crippen molar-refractivity contribution in [2.45, 2.75) is 26.9 Å². The topological polar surface area (TPSA) is 133 Å². The summed E-state index contributed by atoms with van der Waals surface area (Å²) in [5.41, 5.74) is 3.22. The van der Waals surface area contributed by atoms with Crippen LogP contribution in [-0.2, 0) is 13.1 Å². The Bertz CT molecular complexity index is 1170. The normalized spacial score (nSPS) is 10.4. The molecule has 0 aliphatic carbocycles. The molecule has 0 fully saturated rings. The van der Waals surface area contributed by atoms with Crippen molar-refractivity contribution < 1.29 is 29.4 Å². The van der Waals surface area contributed by atoms with Crippen molar-refractivity contribution in [2.24, 2.45) is 0 Å². The number of carbonyl (C=O) groups is 4. The lowest BCUT2D eigenvalue weighted by Crippen LogP contribution is -2.25. The summed E-state index contributed by atoms with van der Waals surface area (Å²) in [6.07, 6.45) is 0. The highest BCUT2D eigenvalue weighted by atomic mass is 16.4. The zero-order valence-corrected chi connectivity index (χ0v) is 18.7. The van der Waals surface area contributed by atoms with E-state index in [1.807, 2.05) is 0 Å². The number of aryl methyl sites for hydroxylation is 2. The zero-order chi connectivity index (χ0) is 24.8. The highest BCUT2D eigenvalue weighted by molar-refractivity contribution is 6.05. The third-order valence-corrected chi connectivity index (χ3v) is 5.23. The zero-order valence-electron chi connectivity index (χ0n) is 18.7. The smallest absolute Gasteiger partial charge is 0.336 e. The SMILES string of the molecule is Cc1ccc(C(=O)O)c(C(=O)NCc2ccc(CNC(=O)c3cc(C)ccc3C(=O)O)cc2)c1. The first-order valence-corrected chi connectivity index (χ1v) is 10.5. The molecule has 8 nitrogen and oxygen atoms in total. The van der Waals surface area contributed by atoms with Crippen LogP contribution in [0.2, 0.25) is 0 Å². The van der Waals surface area contributed by atoms with Gasteiger partial charge in [-0.25, -0.2) is 9.59 Å². The summed E-state index contributed by atoms with van der Waals surface area (Å²) < 4.78 is 0. The lowest BCUT2D eigenvalue weighted by molar-refractivity contribution is 0.0682.